The molecule has 0 aliphatic heterocycles. The number of rotatable bonds is 6. The molecule has 120 valence electrons. The number of carbonyl (C=O) groups excluding carboxylic acids is 1. The van der Waals surface area contributed by atoms with E-state index in [0.717, 1.165) is 17.1 Å². The number of hydrogen-bond donors (Lipinski definition) is 0. The van der Waals surface area contributed by atoms with E-state index >= 15 is 0 Å². The van der Waals surface area contributed by atoms with Gasteiger partial charge in [-0.05, 0) is 54.1 Å². The summed E-state index contributed by atoms with van der Waals surface area (Å²) in [5, 5.41) is 0. The highest BCUT2D eigenvalue weighted by Gasteiger charge is 2.08. The third-order valence-corrected chi connectivity index (χ3v) is 3.68. The largest absolute Gasteiger partial charge is 0.497 e. The zero-order chi connectivity index (χ0) is 16.8. The Morgan fingerprint density at radius 3 is 1.96 bits per heavy atom. The van der Waals surface area contributed by atoms with Crippen molar-refractivity contribution in [3.05, 3.63) is 90.0 Å². The van der Waals surface area contributed by atoms with Crippen molar-refractivity contribution in [2.75, 3.05) is 7.11 Å². The lowest BCUT2D eigenvalue weighted by atomic mass is 10.0. The van der Waals surface area contributed by atoms with Crippen LogP contribution < -0.4 is 9.47 Å². The lowest BCUT2D eigenvalue weighted by Gasteiger charge is -2.07. The summed E-state index contributed by atoms with van der Waals surface area (Å²) < 4.78 is 10.9. The van der Waals surface area contributed by atoms with Gasteiger partial charge in [-0.15, -0.1) is 0 Å². The Kier molecular flexibility index (Phi) is 4.92. The molecule has 0 fully saturated rings. The van der Waals surface area contributed by atoms with Crippen LogP contribution in [0.5, 0.6) is 17.2 Å². The van der Waals surface area contributed by atoms with Crippen LogP contribution in [-0.2, 0) is 6.42 Å². The number of para-hydroxylation sites is 1. The van der Waals surface area contributed by atoms with Gasteiger partial charge in [0, 0.05) is 12.0 Å². The van der Waals surface area contributed by atoms with Gasteiger partial charge in [0.25, 0.3) is 0 Å². The number of ketones is 1. The van der Waals surface area contributed by atoms with Gasteiger partial charge in [-0.1, -0.05) is 30.3 Å². The fraction of sp³-hybridized carbons (Fsp3) is 0.0952. The monoisotopic (exact) mass is 318 g/mol. The lowest BCUT2D eigenvalue weighted by molar-refractivity contribution is 0.0993. The van der Waals surface area contributed by atoms with Crippen LogP contribution in [0.2, 0.25) is 0 Å². The first kappa shape index (κ1) is 15.8. The van der Waals surface area contributed by atoms with E-state index in [4.69, 9.17) is 9.47 Å². The van der Waals surface area contributed by atoms with Crippen molar-refractivity contribution in [1.82, 2.24) is 0 Å². The standard InChI is InChI=1S/C21H18O3/c1-23-18-11-7-16(8-12-18)15-21(22)17-9-13-20(14-10-17)24-19-5-3-2-4-6-19/h2-14H,15H2,1H3. The van der Waals surface area contributed by atoms with Crippen LogP contribution in [0.3, 0.4) is 0 Å². The predicted molar refractivity (Wildman–Crippen MR) is 94.0 cm³/mol. The number of benzene rings is 3. The molecule has 0 saturated heterocycles. The summed E-state index contributed by atoms with van der Waals surface area (Å²) in [4.78, 5) is 12.4. The van der Waals surface area contributed by atoms with Gasteiger partial charge in [-0.3, -0.25) is 4.79 Å². The van der Waals surface area contributed by atoms with Crippen LogP contribution in [0.1, 0.15) is 15.9 Å². The molecule has 24 heavy (non-hydrogen) atoms. The summed E-state index contributed by atoms with van der Waals surface area (Å²) in [6.45, 7) is 0. The topological polar surface area (TPSA) is 35.5 Å². The zero-order valence-corrected chi connectivity index (χ0v) is 13.4. The fourth-order valence-electron chi connectivity index (χ4n) is 2.36. The molecule has 0 aliphatic carbocycles. The SMILES string of the molecule is COc1ccc(CC(=O)c2ccc(Oc3ccccc3)cc2)cc1. The van der Waals surface area contributed by atoms with Crippen molar-refractivity contribution in [1.29, 1.82) is 0 Å². The number of hydrogen-bond acceptors (Lipinski definition) is 3. The highest BCUT2D eigenvalue weighted by atomic mass is 16.5. The Morgan fingerprint density at radius 2 is 1.33 bits per heavy atom. The minimum Gasteiger partial charge on any atom is -0.497 e. The molecule has 0 N–H and O–H groups in total. The molecule has 0 bridgehead atoms. The van der Waals surface area contributed by atoms with Crippen molar-refractivity contribution >= 4 is 5.78 Å². The normalized spacial score (nSPS) is 10.2. The second-order valence-corrected chi connectivity index (χ2v) is 5.39. The van der Waals surface area contributed by atoms with E-state index in [9.17, 15) is 4.79 Å². The van der Waals surface area contributed by atoms with Gasteiger partial charge in [-0.25, -0.2) is 0 Å². The van der Waals surface area contributed by atoms with Gasteiger partial charge in [0.1, 0.15) is 17.2 Å². The second kappa shape index (κ2) is 7.47. The summed E-state index contributed by atoms with van der Waals surface area (Å²) in [7, 11) is 1.62. The first-order valence-corrected chi connectivity index (χ1v) is 7.74. The van der Waals surface area contributed by atoms with E-state index in [1.54, 1.807) is 19.2 Å². The maximum absolute atomic E-state index is 12.4. The molecule has 0 aliphatic rings. The van der Waals surface area contributed by atoms with Crippen molar-refractivity contribution < 1.29 is 14.3 Å². The minimum atomic E-state index is 0.0754. The van der Waals surface area contributed by atoms with E-state index in [-0.39, 0.29) is 5.78 Å². The molecule has 3 heteroatoms. The van der Waals surface area contributed by atoms with Crippen LogP contribution in [0.15, 0.2) is 78.9 Å². The van der Waals surface area contributed by atoms with Gasteiger partial charge in [0.15, 0.2) is 5.78 Å². The van der Waals surface area contributed by atoms with Crippen LogP contribution in [0.4, 0.5) is 0 Å². The quantitative estimate of drug-likeness (QED) is 0.606. The minimum absolute atomic E-state index is 0.0754. The summed E-state index contributed by atoms with van der Waals surface area (Å²) >= 11 is 0. The first-order chi connectivity index (χ1) is 11.7. The second-order valence-electron chi connectivity index (χ2n) is 5.39. The molecule has 0 spiro atoms. The third-order valence-electron chi connectivity index (χ3n) is 3.68. The molecule has 0 aromatic heterocycles. The van der Waals surface area contributed by atoms with Crippen molar-refractivity contribution in [2.24, 2.45) is 0 Å². The molecular weight excluding hydrogens is 300 g/mol. The smallest absolute Gasteiger partial charge is 0.167 e. The van der Waals surface area contributed by atoms with Crippen molar-refractivity contribution in [2.45, 2.75) is 6.42 Å². The van der Waals surface area contributed by atoms with Crippen molar-refractivity contribution in [3.8, 4) is 17.2 Å². The van der Waals surface area contributed by atoms with E-state index in [2.05, 4.69) is 0 Å². The highest BCUT2D eigenvalue weighted by molar-refractivity contribution is 5.97. The molecule has 3 aromatic rings. The maximum atomic E-state index is 12.4. The van der Waals surface area contributed by atoms with Crippen LogP contribution in [0.25, 0.3) is 0 Å². The lowest BCUT2D eigenvalue weighted by Crippen LogP contribution is -2.03. The predicted octanol–water partition coefficient (Wildman–Crippen LogP) is 4.91. The Balaban J connectivity index is 1.64. The number of ether oxygens (including phenoxy) is 2. The van der Waals surface area contributed by atoms with Gasteiger partial charge in [0.2, 0.25) is 0 Å². The molecule has 0 saturated carbocycles. The third kappa shape index (κ3) is 4.02. The molecule has 0 amide bonds. The van der Waals surface area contributed by atoms with Crippen LogP contribution >= 0.6 is 0 Å². The molecule has 3 nitrogen and oxygen atoms in total. The van der Waals surface area contributed by atoms with Crippen molar-refractivity contribution in [3.63, 3.8) is 0 Å². The Bertz CT molecular complexity index is 791. The Labute approximate surface area is 141 Å². The molecule has 0 heterocycles. The maximum Gasteiger partial charge on any atom is 0.167 e. The molecular formula is C21H18O3. The molecule has 3 aromatic carbocycles. The highest BCUT2D eigenvalue weighted by Crippen LogP contribution is 2.22. The van der Waals surface area contributed by atoms with Crippen LogP contribution in [-0.4, -0.2) is 12.9 Å². The van der Waals surface area contributed by atoms with E-state index in [1.165, 1.54) is 0 Å². The summed E-state index contributed by atoms with van der Waals surface area (Å²) in [5.41, 5.74) is 1.64. The van der Waals surface area contributed by atoms with Gasteiger partial charge in [0.05, 0.1) is 7.11 Å². The van der Waals surface area contributed by atoms with Gasteiger partial charge >= 0.3 is 0 Å². The fourth-order valence-corrected chi connectivity index (χ4v) is 2.36. The summed E-state index contributed by atoms with van der Waals surface area (Å²) in [6, 6.07) is 24.3. The molecule has 0 unspecified atom stereocenters. The van der Waals surface area contributed by atoms with Crippen LogP contribution in [0, 0.1) is 0 Å². The van der Waals surface area contributed by atoms with E-state index in [0.29, 0.717) is 17.7 Å². The van der Waals surface area contributed by atoms with E-state index < -0.39 is 0 Å². The van der Waals surface area contributed by atoms with E-state index in [1.807, 2.05) is 66.7 Å². The summed E-state index contributed by atoms with van der Waals surface area (Å²) in [6.07, 6.45) is 0.364. The average Bonchev–Trinajstić information content (AvgIpc) is 2.64. The number of carbonyl (C=O) groups is 1. The van der Waals surface area contributed by atoms with Gasteiger partial charge in [-0.2, -0.15) is 0 Å². The number of Topliss-reactive ketones (excluding diaryl/α,β-unsaturated/α-hetero) is 1. The molecule has 0 radical (unpaired) electrons. The molecule has 3 rings (SSSR count). The van der Waals surface area contributed by atoms with Gasteiger partial charge < -0.3 is 9.47 Å². The first-order valence-electron chi connectivity index (χ1n) is 7.74. The Hall–Kier alpha value is -3.07. The molecule has 0 atom stereocenters. The number of methoxy groups -OCH3 is 1. The Morgan fingerprint density at radius 1 is 0.750 bits per heavy atom. The summed E-state index contributed by atoms with van der Waals surface area (Å²) in [5.74, 6) is 2.34. The zero-order valence-electron chi connectivity index (χ0n) is 13.4. The average molecular weight is 318 g/mol.